The number of ether oxygens (including phenoxy) is 1. The van der Waals surface area contributed by atoms with Gasteiger partial charge in [-0.25, -0.2) is 4.98 Å². The Morgan fingerprint density at radius 3 is 2.70 bits per heavy atom. The van der Waals surface area contributed by atoms with E-state index >= 15 is 0 Å². The van der Waals surface area contributed by atoms with Crippen molar-refractivity contribution in [3.8, 4) is 0 Å². The first-order valence-corrected chi connectivity index (χ1v) is 10.3. The molecule has 8 heteroatoms. The lowest BCUT2D eigenvalue weighted by Crippen LogP contribution is -2.37. The Balaban J connectivity index is 1.43. The van der Waals surface area contributed by atoms with Gasteiger partial charge in [0.1, 0.15) is 11.5 Å². The van der Waals surface area contributed by atoms with Gasteiger partial charge in [0.2, 0.25) is 5.28 Å². The summed E-state index contributed by atoms with van der Waals surface area (Å²) >= 11 is 6.24. The van der Waals surface area contributed by atoms with Gasteiger partial charge in [0, 0.05) is 38.4 Å². The molecule has 2 fully saturated rings. The maximum Gasteiger partial charge on any atom is 0.226 e. The van der Waals surface area contributed by atoms with Crippen molar-refractivity contribution >= 4 is 28.5 Å². The largest absolute Gasteiger partial charge is 0.379 e. The van der Waals surface area contributed by atoms with Crippen molar-refractivity contribution in [2.75, 3.05) is 58.3 Å². The number of rotatable bonds is 6. The lowest BCUT2D eigenvalue weighted by Gasteiger charge is -2.29. The molecule has 2 aromatic rings. The van der Waals surface area contributed by atoms with Gasteiger partial charge < -0.3 is 19.5 Å². The topological polar surface area (TPSA) is 58.5 Å². The van der Waals surface area contributed by atoms with E-state index in [2.05, 4.69) is 49.0 Å². The lowest BCUT2D eigenvalue weighted by atomic mass is 10.1. The highest BCUT2D eigenvalue weighted by molar-refractivity contribution is 6.28. The van der Waals surface area contributed by atoms with E-state index < -0.39 is 0 Å². The predicted octanol–water partition coefficient (Wildman–Crippen LogP) is 2.31. The molecule has 148 valence electrons. The zero-order valence-electron chi connectivity index (χ0n) is 16.0. The van der Waals surface area contributed by atoms with Crippen LogP contribution in [0.15, 0.2) is 12.3 Å². The summed E-state index contributed by atoms with van der Waals surface area (Å²) in [6.45, 7) is 8.01. The Labute approximate surface area is 165 Å². The number of hydrogen-bond donors (Lipinski definition) is 1. The molecule has 4 heterocycles. The second-order valence-electron chi connectivity index (χ2n) is 7.62. The van der Waals surface area contributed by atoms with Crippen molar-refractivity contribution in [3.63, 3.8) is 0 Å². The van der Waals surface area contributed by atoms with E-state index in [1.807, 2.05) is 0 Å². The number of morpholine rings is 1. The average Bonchev–Trinajstić information content (AvgIpc) is 3.07. The van der Waals surface area contributed by atoms with Crippen molar-refractivity contribution in [1.82, 2.24) is 24.3 Å². The Hall–Kier alpha value is -1.41. The third-order valence-electron chi connectivity index (χ3n) is 5.63. The summed E-state index contributed by atoms with van der Waals surface area (Å²) in [5, 5.41) is 4.98. The molecule has 7 nitrogen and oxygen atoms in total. The summed E-state index contributed by atoms with van der Waals surface area (Å²) in [7, 11) is 2.17. The van der Waals surface area contributed by atoms with Crippen LogP contribution in [0.25, 0.3) is 11.0 Å². The van der Waals surface area contributed by atoms with Gasteiger partial charge in [-0.1, -0.05) is 0 Å². The summed E-state index contributed by atoms with van der Waals surface area (Å²) in [4.78, 5) is 13.8. The number of aryl methyl sites for hydroxylation is 1. The quantitative estimate of drug-likeness (QED) is 0.761. The first-order valence-electron chi connectivity index (χ1n) is 9.96. The number of piperidine rings is 1. The van der Waals surface area contributed by atoms with Gasteiger partial charge in [0.25, 0.3) is 0 Å². The first-order chi connectivity index (χ1) is 13.2. The molecule has 1 N–H and O–H groups in total. The number of aromatic nitrogens is 3. The number of hydrogen-bond acceptors (Lipinski definition) is 6. The van der Waals surface area contributed by atoms with Gasteiger partial charge in [-0.3, -0.25) is 4.90 Å². The third kappa shape index (κ3) is 4.71. The molecule has 4 rings (SSSR count). The van der Waals surface area contributed by atoms with Crippen LogP contribution >= 0.6 is 11.6 Å². The Bertz CT molecular complexity index is 752. The summed E-state index contributed by atoms with van der Waals surface area (Å²) < 4.78 is 7.61. The predicted molar refractivity (Wildman–Crippen MR) is 109 cm³/mol. The maximum absolute atomic E-state index is 6.24. The minimum absolute atomic E-state index is 0.311. The van der Waals surface area contributed by atoms with E-state index in [9.17, 15) is 0 Å². The molecule has 0 amide bonds. The highest BCUT2D eigenvalue weighted by Crippen LogP contribution is 2.25. The normalized spacial score (nSPS) is 20.4. The van der Waals surface area contributed by atoms with Gasteiger partial charge in [0.05, 0.1) is 18.6 Å². The van der Waals surface area contributed by atoms with Crippen LogP contribution < -0.4 is 5.32 Å². The Morgan fingerprint density at radius 1 is 1.15 bits per heavy atom. The summed E-state index contributed by atoms with van der Waals surface area (Å²) in [6, 6.07) is 2.55. The molecular weight excluding hydrogens is 364 g/mol. The lowest BCUT2D eigenvalue weighted by molar-refractivity contribution is 0.0369. The zero-order chi connectivity index (χ0) is 18.6. The maximum atomic E-state index is 6.24. The number of anilines is 1. The Kier molecular flexibility index (Phi) is 6.12. The number of likely N-dealkylation sites (tertiary alicyclic amines) is 1. The van der Waals surface area contributed by atoms with Crippen LogP contribution in [0.1, 0.15) is 19.3 Å². The highest BCUT2D eigenvalue weighted by atomic mass is 35.5. The Morgan fingerprint density at radius 2 is 1.93 bits per heavy atom. The molecule has 2 saturated heterocycles. The van der Waals surface area contributed by atoms with E-state index in [4.69, 9.17) is 16.3 Å². The fraction of sp³-hybridized carbons (Fsp3) is 0.684. The van der Waals surface area contributed by atoms with Crippen LogP contribution in [0.3, 0.4) is 0 Å². The van der Waals surface area contributed by atoms with Crippen molar-refractivity contribution in [2.24, 2.45) is 0 Å². The zero-order valence-corrected chi connectivity index (χ0v) is 16.8. The first kappa shape index (κ1) is 18.9. The van der Waals surface area contributed by atoms with Crippen molar-refractivity contribution in [2.45, 2.75) is 31.8 Å². The molecule has 0 radical (unpaired) electrons. The van der Waals surface area contributed by atoms with E-state index in [-0.39, 0.29) is 0 Å². The van der Waals surface area contributed by atoms with Crippen LogP contribution in [0.2, 0.25) is 5.28 Å². The summed E-state index contributed by atoms with van der Waals surface area (Å²) in [5.74, 6) is 0.867. The van der Waals surface area contributed by atoms with Crippen LogP contribution in [0.4, 0.5) is 5.82 Å². The van der Waals surface area contributed by atoms with Crippen LogP contribution in [-0.2, 0) is 11.3 Å². The monoisotopic (exact) mass is 392 g/mol. The molecule has 0 aromatic carbocycles. The van der Waals surface area contributed by atoms with Gasteiger partial charge in [-0.15, -0.1) is 0 Å². The fourth-order valence-electron chi connectivity index (χ4n) is 3.96. The summed E-state index contributed by atoms with van der Waals surface area (Å²) in [5.41, 5.74) is 0.924. The van der Waals surface area contributed by atoms with E-state index in [1.54, 1.807) is 0 Å². The fourth-order valence-corrected chi connectivity index (χ4v) is 4.13. The standard InChI is InChI=1S/C19H29ClN6O/c1-24-8-3-15(4-9-24)21-17-16-5-10-26(18(16)23-19(20)22-17)7-2-6-25-11-13-27-14-12-25/h5,10,15H,2-4,6-9,11-14H2,1H3,(H,21,22,23). The van der Waals surface area contributed by atoms with Crippen molar-refractivity contribution in [1.29, 1.82) is 0 Å². The summed E-state index contributed by atoms with van der Waals surface area (Å²) in [6.07, 6.45) is 5.44. The van der Waals surface area contributed by atoms with Crippen LogP contribution in [-0.4, -0.2) is 83.4 Å². The number of nitrogens with zero attached hydrogens (tertiary/aromatic N) is 5. The second kappa shape index (κ2) is 8.73. The minimum Gasteiger partial charge on any atom is -0.379 e. The SMILES string of the molecule is CN1CCC(Nc2nc(Cl)nc3c2ccn3CCCN2CCOCC2)CC1. The van der Waals surface area contributed by atoms with Crippen molar-refractivity contribution in [3.05, 3.63) is 17.5 Å². The molecule has 0 atom stereocenters. The minimum atomic E-state index is 0.311. The molecule has 0 saturated carbocycles. The van der Waals surface area contributed by atoms with Gasteiger partial charge in [0.15, 0.2) is 0 Å². The molecule has 0 aliphatic carbocycles. The molecule has 27 heavy (non-hydrogen) atoms. The number of halogens is 1. The average molecular weight is 393 g/mol. The molecule has 0 spiro atoms. The van der Waals surface area contributed by atoms with Gasteiger partial charge in [-0.05, 0) is 57.1 Å². The molecule has 2 aliphatic rings. The third-order valence-corrected chi connectivity index (χ3v) is 5.80. The van der Waals surface area contributed by atoms with Crippen molar-refractivity contribution < 1.29 is 4.74 Å². The number of nitrogens with one attached hydrogen (secondary N) is 1. The van der Waals surface area contributed by atoms with E-state index in [1.165, 1.54) is 0 Å². The highest BCUT2D eigenvalue weighted by Gasteiger charge is 2.19. The van der Waals surface area contributed by atoms with Gasteiger partial charge >= 0.3 is 0 Å². The molecular formula is C19H29ClN6O. The van der Waals surface area contributed by atoms with Crippen LogP contribution in [0, 0.1) is 0 Å². The molecule has 2 aromatic heterocycles. The smallest absolute Gasteiger partial charge is 0.226 e. The van der Waals surface area contributed by atoms with Gasteiger partial charge in [-0.2, -0.15) is 4.98 Å². The molecule has 2 aliphatic heterocycles. The number of fused-ring (bicyclic) bond motifs is 1. The molecule has 0 unspecified atom stereocenters. The van der Waals surface area contributed by atoms with E-state index in [0.29, 0.717) is 11.3 Å². The second-order valence-corrected chi connectivity index (χ2v) is 7.96. The molecule has 0 bridgehead atoms. The van der Waals surface area contributed by atoms with E-state index in [0.717, 1.165) is 88.6 Å². The van der Waals surface area contributed by atoms with Crippen LogP contribution in [0.5, 0.6) is 0 Å².